The maximum Gasteiger partial charge on any atom is 1.00 e. The number of benzene rings is 2. The Balaban J connectivity index is 0.00000704. The van der Waals surface area contributed by atoms with Gasteiger partial charge in [-0.3, -0.25) is 13.9 Å². The van der Waals surface area contributed by atoms with Crippen LogP contribution in [0.5, 0.6) is 0 Å². The molecule has 2 heterocycles. The monoisotopic (exact) mass is 1010 g/mol. The van der Waals surface area contributed by atoms with Gasteiger partial charge < -0.3 is 28.6 Å². The molecular weight excluding hydrogens is 962 g/mol. The van der Waals surface area contributed by atoms with E-state index in [9.17, 15) is 56.7 Å². The molecule has 4 rings (SSSR count). The van der Waals surface area contributed by atoms with Gasteiger partial charge in [0.1, 0.15) is 16.7 Å². The molecule has 65 heavy (non-hydrogen) atoms. The van der Waals surface area contributed by atoms with Gasteiger partial charge in [0.05, 0.1) is 50.9 Å². The topological polar surface area (TPSA) is 285 Å². The van der Waals surface area contributed by atoms with Crippen molar-refractivity contribution < 1.29 is 165 Å². The normalized spacial score (nSPS) is 19.3. The molecule has 0 amide bonds. The third-order valence-electron chi connectivity index (χ3n) is 11.0. The van der Waals surface area contributed by atoms with Crippen LogP contribution < -0.4 is 93.6 Å². The molecule has 344 valence electrons. The van der Waals surface area contributed by atoms with Gasteiger partial charge in [-0.25, -0.2) is 16.8 Å². The number of hydrogen-bond donors (Lipinski definition) is 3. The van der Waals surface area contributed by atoms with E-state index in [0.29, 0.717) is 66.3 Å². The Morgan fingerprint density at radius 1 is 0.769 bits per heavy atom. The Kier molecular flexibility index (Phi) is 25.2. The molecule has 0 fully saturated rings. The Morgan fingerprint density at radius 3 is 2.00 bits per heavy atom. The van der Waals surface area contributed by atoms with Gasteiger partial charge in [0.15, 0.2) is 5.71 Å². The number of methoxy groups -OCH3 is 1. The van der Waals surface area contributed by atoms with Crippen LogP contribution in [0.1, 0.15) is 76.3 Å². The largest absolute Gasteiger partial charge is 1.00 e. The fraction of sp³-hybridized carbons (Fsp3) is 0.500. The maximum absolute atomic E-state index is 12.2. The van der Waals surface area contributed by atoms with Gasteiger partial charge in [-0.15, -0.1) is 0 Å². The molecule has 2 aliphatic rings. The van der Waals surface area contributed by atoms with Gasteiger partial charge in [0.25, 0.3) is 20.2 Å². The maximum atomic E-state index is 12.2. The van der Waals surface area contributed by atoms with Crippen LogP contribution in [0, 0.1) is 0 Å². The van der Waals surface area contributed by atoms with Crippen LogP contribution in [0.2, 0.25) is 0 Å². The van der Waals surface area contributed by atoms with E-state index in [4.69, 9.17) is 14.6 Å². The van der Waals surface area contributed by atoms with E-state index >= 15 is 0 Å². The summed E-state index contributed by atoms with van der Waals surface area (Å²) in [6.07, 6.45) is 10.0. The summed E-state index contributed by atoms with van der Waals surface area (Å²) in [5.74, 6) is -2.20. The quantitative estimate of drug-likeness (QED) is 0.0277. The average Bonchev–Trinajstić information content (AvgIpc) is 3.52. The molecular formula is C40H53N2Na3O16S4+2. The molecule has 0 aromatic heterocycles. The molecule has 0 radical (unpaired) electrons. The number of nitrogens with zero attached hydrogens (tertiary/aromatic N) is 2. The van der Waals surface area contributed by atoms with Gasteiger partial charge in [-0.2, -0.15) is 21.4 Å². The predicted octanol–water partition coefficient (Wildman–Crippen LogP) is -4.72. The van der Waals surface area contributed by atoms with E-state index in [0.717, 1.165) is 0 Å². The molecule has 0 saturated heterocycles. The molecule has 3 N–H and O–H groups in total. The molecule has 2 atom stereocenters. The molecule has 2 aromatic carbocycles. The molecule has 0 bridgehead atoms. The summed E-state index contributed by atoms with van der Waals surface area (Å²) >= 11 is 0. The first-order valence-corrected chi connectivity index (χ1v) is 25.7. The fourth-order valence-electron chi connectivity index (χ4n) is 8.08. The Morgan fingerprint density at radius 2 is 1.40 bits per heavy atom. The number of carboxylic acids is 1. The van der Waals surface area contributed by atoms with Crippen LogP contribution in [0.4, 0.5) is 11.4 Å². The summed E-state index contributed by atoms with van der Waals surface area (Å²) < 4.78 is 152. The van der Waals surface area contributed by atoms with Crippen LogP contribution >= 0.6 is 0 Å². The zero-order valence-corrected chi connectivity index (χ0v) is 46.9. The predicted molar refractivity (Wildman–Crippen MR) is 227 cm³/mol. The zero-order valence-electron chi connectivity index (χ0n) is 37.6. The third-order valence-corrected chi connectivity index (χ3v) is 14.3. The summed E-state index contributed by atoms with van der Waals surface area (Å²) in [6, 6.07) is 8.04. The van der Waals surface area contributed by atoms with E-state index < -0.39 is 73.7 Å². The van der Waals surface area contributed by atoms with Crippen molar-refractivity contribution in [3.63, 3.8) is 0 Å². The van der Waals surface area contributed by atoms with Crippen molar-refractivity contribution in [1.29, 1.82) is 0 Å². The minimum atomic E-state index is -4.90. The number of aliphatic carboxylic acids is 1. The smallest absolute Gasteiger partial charge is 0.748 e. The molecule has 2 aromatic rings. The third kappa shape index (κ3) is 17.5. The number of allylic oxidation sites excluding steroid dienone is 6. The number of hydrogen-bond acceptors (Lipinski definition) is 14. The van der Waals surface area contributed by atoms with Crippen molar-refractivity contribution in [3.8, 4) is 0 Å². The molecule has 0 spiro atoms. The van der Waals surface area contributed by atoms with Crippen LogP contribution in [0.15, 0.2) is 82.3 Å². The SMILES string of the molecule is COCCOCCN1C(=CC=CC=CC2=[N+](CCCCCC(=O)O)c3ccc(S(=O)(=O)[O-])cc3C2(C)CCCS(=O)(=O)[O-])C(C)(CCCS(=O)(=O)O)c2cc(S(=O)(=O)O)ccc21.[Na+].[Na+].[Na+]. The minimum absolute atomic E-state index is 0. The second-order valence-electron chi connectivity index (χ2n) is 15.5. The Hall–Kier alpha value is -0.840. The fourth-order valence-corrected chi connectivity index (χ4v) is 10.1. The Labute approximate surface area is 448 Å². The van der Waals surface area contributed by atoms with E-state index in [2.05, 4.69) is 0 Å². The molecule has 0 aliphatic carbocycles. The standard InChI is InChI=1S/C40H54N2O16S4.3Na/c1-39(19-10-26-59(45,46)47)32-28-30(61(51,52)53)15-17-34(32)41(21-9-5-8-14-38(43)44)36(39)12-6-4-7-13-37-40(2,20-11-27-60(48,49)50)33-29-31(62(54,55)56)16-18-35(33)42(37)22-23-58-25-24-57-3;;;/h4,6-7,12-13,15-18,28-29H,5,8-11,14,19-27H2,1-3H3,(H4-,43,44,45,46,47,48,49,50,51,52,53,54,55,56);;;/q;3*+1/p-1. The van der Waals surface area contributed by atoms with Crippen molar-refractivity contribution >= 4 is 63.5 Å². The van der Waals surface area contributed by atoms with Gasteiger partial charge >= 0.3 is 94.6 Å². The van der Waals surface area contributed by atoms with E-state index in [-0.39, 0.29) is 145 Å². The first kappa shape index (κ1) is 62.2. The molecule has 25 heteroatoms. The van der Waals surface area contributed by atoms with Gasteiger partial charge in [-0.1, -0.05) is 18.2 Å². The number of rotatable bonds is 25. The van der Waals surface area contributed by atoms with Crippen molar-refractivity contribution in [2.45, 2.75) is 85.8 Å². The van der Waals surface area contributed by atoms with Crippen LogP contribution in [-0.2, 0) is 65.6 Å². The number of carbonyl (C=O) groups is 1. The summed E-state index contributed by atoms with van der Waals surface area (Å²) in [5.41, 5.74) is 1.05. The number of carboxylic acid groups (broad SMARTS) is 1. The van der Waals surface area contributed by atoms with Gasteiger partial charge in [0, 0.05) is 66.8 Å². The first-order chi connectivity index (χ1) is 28.8. The summed E-state index contributed by atoms with van der Waals surface area (Å²) in [4.78, 5) is 12.2. The number of fused-ring (bicyclic) bond motifs is 2. The summed E-state index contributed by atoms with van der Waals surface area (Å²) in [5, 5.41) is 9.12. The van der Waals surface area contributed by atoms with Gasteiger partial charge in [-0.05, 0) is 94.3 Å². The molecule has 0 saturated carbocycles. The number of ether oxygens (including phenoxy) is 2. The second kappa shape index (κ2) is 26.4. The first-order valence-electron chi connectivity index (χ1n) is 19.7. The van der Waals surface area contributed by atoms with E-state index in [1.807, 2.05) is 9.48 Å². The van der Waals surface area contributed by atoms with Crippen molar-refractivity contribution in [2.75, 3.05) is 56.4 Å². The zero-order chi connectivity index (χ0) is 46.1. The van der Waals surface area contributed by atoms with E-state index in [1.54, 1.807) is 44.2 Å². The molecule has 2 aliphatic heterocycles. The molecule has 18 nitrogen and oxygen atoms in total. The average molecular weight is 1020 g/mol. The van der Waals surface area contributed by atoms with Crippen LogP contribution in [0.3, 0.4) is 0 Å². The Bertz CT molecular complexity index is 2570. The van der Waals surface area contributed by atoms with Crippen molar-refractivity contribution in [3.05, 3.63) is 83.6 Å². The number of unbranched alkanes of at least 4 members (excludes halogenated alkanes) is 2. The van der Waals surface area contributed by atoms with Crippen LogP contribution in [-0.4, -0.2) is 125 Å². The molecule has 2 unspecified atom stereocenters. The van der Waals surface area contributed by atoms with Crippen molar-refractivity contribution in [2.24, 2.45) is 0 Å². The summed E-state index contributed by atoms with van der Waals surface area (Å²) in [6.45, 7) is 4.97. The van der Waals surface area contributed by atoms with Gasteiger partial charge in [0.2, 0.25) is 5.69 Å². The van der Waals surface area contributed by atoms with Crippen LogP contribution in [0.25, 0.3) is 0 Å². The second-order valence-corrected chi connectivity index (χ2v) is 21.4. The summed E-state index contributed by atoms with van der Waals surface area (Å²) in [7, 11) is -17.0. The van der Waals surface area contributed by atoms with Crippen molar-refractivity contribution in [1.82, 2.24) is 0 Å². The minimum Gasteiger partial charge on any atom is -0.748 e. The number of anilines is 1. The van der Waals surface area contributed by atoms with E-state index in [1.165, 1.54) is 43.5 Å².